The van der Waals surface area contributed by atoms with E-state index in [1.165, 1.54) is 25.3 Å². The van der Waals surface area contributed by atoms with Gasteiger partial charge in [0.15, 0.2) is 11.9 Å². The van der Waals surface area contributed by atoms with Gasteiger partial charge in [0, 0.05) is 26.3 Å². The number of ether oxygens (including phenoxy) is 3. The second kappa shape index (κ2) is 10.4. The molecule has 13 heteroatoms. The summed E-state index contributed by atoms with van der Waals surface area (Å²) in [7, 11) is 1.34. The molecule has 0 radical (unpaired) electrons. The van der Waals surface area contributed by atoms with Gasteiger partial charge in [0.25, 0.3) is 11.1 Å². The van der Waals surface area contributed by atoms with Crippen molar-refractivity contribution in [2.45, 2.75) is 25.2 Å². The molecule has 174 valence electrons. The van der Waals surface area contributed by atoms with Crippen molar-refractivity contribution in [1.82, 2.24) is 20.4 Å². The number of nitrogens with zero attached hydrogens (tertiary/aromatic N) is 5. The monoisotopic (exact) mass is 478 g/mol. The van der Waals surface area contributed by atoms with Crippen LogP contribution in [0, 0.1) is 0 Å². The Morgan fingerprint density at radius 3 is 2.88 bits per heavy atom. The second-order valence-corrected chi connectivity index (χ2v) is 7.93. The number of carbonyl (C=O) groups excluding carboxylic acids is 1. The molecule has 3 heterocycles. The zero-order valence-electron chi connectivity index (χ0n) is 17.4. The number of methoxy groups -OCH3 is 1. The normalized spacial score (nSPS) is 16.6. The Kier molecular flexibility index (Phi) is 7.19. The summed E-state index contributed by atoms with van der Waals surface area (Å²) in [5.74, 6) is 0.169. The van der Waals surface area contributed by atoms with Crippen LogP contribution in [0.3, 0.4) is 0 Å². The Morgan fingerprint density at radius 1 is 1.24 bits per heavy atom. The molecule has 0 aliphatic carbocycles. The van der Waals surface area contributed by atoms with Gasteiger partial charge in [0.2, 0.25) is 5.13 Å². The van der Waals surface area contributed by atoms with Crippen LogP contribution in [0.2, 0.25) is 0 Å². The Balaban J connectivity index is 1.34. The van der Waals surface area contributed by atoms with Gasteiger partial charge < -0.3 is 19.1 Å². The van der Waals surface area contributed by atoms with Crippen LogP contribution >= 0.6 is 11.3 Å². The Labute approximate surface area is 191 Å². The number of carbonyl (C=O) groups is 1. The van der Waals surface area contributed by atoms with Crippen molar-refractivity contribution >= 4 is 28.2 Å². The number of halogens is 2. The molecule has 10 nitrogen and oxygen atoms in total. The first-order chi connectivity index (χ1) is 16.0. The molecular formula is C20H20F2N6O4S. The van der Waals surface area contributed by atoms with Gasteiger partial charge in [0.05, 0.1) is 6.54 Å². The molecule has 2 atom stereocenters. The highest BCUT2D eigenvalue weighted by Crippen LogP contribution is 2.29. The number of anilines is 2. The largest absolute Gasteiger partial charge is 0.464 e. The first-order valence-corrected chi connectivity index (χ1v) is 10.7. The fourth-order valence-corrected chi connectivity index (χ4v) is 4.03. The van der Waals surface area contributed by atoms with Gasteiger partial charge in [-0.05, 0) is 41.2 Å². The van der Waals surface area contributed by atoms with E-state index in [0.717, 1.165) is 30.1 Å². The second-order valence-electron chi connectivity index (χ2n) is 6.99. The van der Waals surface area contributed by atoms with Gasteiger partial charge in [-0.15, -0.1) is 10.2 Å². The number of hydrogen-bond donors (Lipinski definition) is 1. The van der Waals surface area contributed by atoms with E-state index < -0.39 is 18.6 Å². The molecule has 33 heavy (non-hydrogen) atoms. The SMILES string of the molecule is CO[C@H](C(=O)Nc1nnc(O[C@@H]2CCN(c3cccnn3)C2)s1)c1cccc(OC(F)F)c1. The fraction of sp³-hybridized carbons (Fsp3) is 0.350. The topological polar surface area (TPSA) is 112 Å². The van der Waals surface area contributed by atoms with E-state index in [1.807, 2.05) is 12.1 Å². The smallest absolute Gasteiger partial charge is 0.387 e. The van der Waals surface area contributed by atoms with Crippen LogP contribution in [0.15, 0.2) is 42.6 Å². The minimum absolute atomic E-state index is 0.0731. The number of hydrogen-bond acceptors (Lipinski definition) is 10. The van der Waals surface area contributed by atoms with E-state index in [4.69, 9.17) is 9.47 Å². The highest BCUT2D eigenvalue weighted by molar-refractivity contribution is 7.17. The van der Waals surface area contributed by atoms with E-state index >= 15 is 0 Å². The molecule has 0 saturated carbocycles. The third-order valence-electron chi connectivity index (χ3n) is 4.79. The lowest BCUT2D eigenvalue weighted by molar-refractivity contribution is -0.126. The van der Waals surface area contributed by atoms with E-state index in [2.05, 4.69) is 35.3 Å². The lowest BCUT2D eigenvalue weighted by Gasteiger charge is -2.16. The third-order valence-corrected chi connectivity index (χ3v) is 5.52. The summed E-state index contributed by atoms with van der Waals surface area (Å²) >= 11 is 1.08. The van der Waals surface area contributed by atoms with Crippen LogP contribution in [0.5, 0.6) is 10.9 Å². The number of alkyl halides is 2. The molecule has 1 aromatic carbocycles. The molecule has 0 unspecified atom stereocenters. The lowest BCUT2D eigenvalue weighted by atomic mass is 10.1. The standard InChI is InChI=1S/C20H20F2N6O4S/c1-30-16(12-4-2-5-13(10-12)31-18(21)22)17(29)24-19-26-27-20(33-19)32-14-7-9-28(11-14)15-6-3-8-23-25-15/h2-6,8,10,14,16,18H,7,9,11H2,1H3,(H,24,26,29)/t14-,16+/m1/s1. The maximum atomic E-state index is 12.7. The van der Waals surface area contributed by atoms with Crippen LogP contribution < -0.4 is 19.7 Å². The van der Waals surface area contributed by atoms with Gasteiger partial charge in [-0.1, -0.05) is 17.2 Å². The number of benzene rings is 1. The first kappa shape index (κ1) is 22.7. The minimum Gasteiger partial charge on any atom is -0.464 e. The van der Waals surface area contributed by atoms with Crippen LogP contribution in [-0.4, -0.2) is 59.2 Å². The predicted octanol–water partition coefficient (Wildman–Crippen LogP) is 2.91. The van der Waals surface area contributed by atoms with E-state index in [0.29, 0.717) is 17.3 Å². The Bertz CT molecular complexity index is 1070. The van der Waals surface area contributed by atoms with Gasteiger partial charge >= 0.3 is 6.61 Å². The summed E-state index contributed by atoms with van der Waals surface area (Å²) in [6.45, 7) is -1.57. The van der Waals surface area contributed by atoms with E-state index in [1.54, 1.807) is 12.3 Å². The number of amides is 1. The molecule has 1 fully saturated rings. The maximum Gasteiger partial charge on any atom is 0.387 e. The summed E-state index contributed by atoms with van der Waals surface area (Å²) in [6.07, 6.45) is 1.23. The molecule has 1 amide bonds. The van der Waals surface area contributed by atoms with Crippen molar-refractivity contribution in [1.29, 1.82) is 0 Å². The highest BCUT2D eigenvalue weighted by atomic mass is 32.1. The zero-order valence-corrected chi connectivity index (χ0v) is 18.2. The molecular weight excluding hydrogens is 458 g/mol. The first-order valence-electron chi connectivity index (χ1n) is 9.93. The molecule has 1 aliphatic heterocycles. The average molecular weight is 478 g/mol. The summed E-state index contributed by atoms with van der Waals surface area (Å²) < 4.78 is 40.5. The van der Waals surface area contributed by atoms with Crippen molar-refractivity contribution < 1.29 is 27.8 Å². The van der Waals surface area contributed by atoms with Crippen molar-refractivity contribution in [3.05, 3.63) is 48.2 Å². The predicted molar refractivity (Wildman–Crippen MR) is 115 cm³/mol. The molecule has 4 rings (SSSR count). The minimum atomic E-state index is -2.97. The molecule has 2 aromatic heterocycles. The average Bonchev–Trinajstić information content (AvgIpc) is 3.44. The molecule has 1 aliphatic rings. The quantitative estimate of drug-likeness (QED) is 0.496. The van der Waals surface area contributed by atoms with Gasteiger partial charge in [-0.25, -0.2) is 0 Å². The summed E-state index contributed by atoms with van der Waals surface area (Å²) in [5.41, 5.74) is 0.351. The fourth-order valence-electron chi connectivity index (χ4n) is 3.36. The van der Waals surface area contributed by atoms with Crippen LogP contribution in [0.25, 0.3) is 0 Å². The van der Waals surface area contributed by atoms with Crippen LogP contribution in [0.4, 0.5) is 19.7 Å². The van der Waals surface area contributed by atoms with Crippen molar-refractivity contribution in [3.8, 4) is 10.9 Å². The number of rotatable bonds is 9. The molecule has 1 N–H and O–H groups in total. The third kappa shape index (κ3) is 5.87. The van der Waals surface area contributed by atoms with E-state index in [9.17, 15) is 13.6 Å². The molecule has 0 bridgehead atoms. The number of aromatic nitrogens is 4. The molecule has 0 spiro atoms. The Hall–Kier alpha value is -3.45. The Morgan fingerprint density at radius 2 is 2.12 bits per heavy atom. The lowest BCUT2D eigenvalue weighted by Crippen LogP contribution is -2.25. The van der Waals surface area contributed by atoms with Crippen molar-refractivity contribution in [2.75, 3.05) is 30.4 Å². The van der Waals surface area contributed by atoms with Crippen LogP contribution in [-0.2, 0) is 9.53 Å². The summed E-state index contributed by atoms with van der Waals surface area (Å²) in [6, 6.07) is 9.46. The van der Waals surface area contributed by atoms with Gasteiger partial charge in [-0.2, -0.15) is 13.9 Å². The van der Waals surface area contributed by atoms with Crippen LogP contribution in [0.1, 0.15) is 18.1 Å². The maximum absolute atomic E-state index is 12.7. The summed E-state index contributed by atoms with van der Waals surface area (Å²) in [4.78, 5) is 14.8. The molecule has 1 saturated heterocycles. The van der Waals surface area contributed by atoms with E-state index in [-0.39, 0.29) is 17.0 Å². The van der Waals surface area contributed by atoms with Crippen molar-refractivity contribution in [3.63, 3.8) is 0 Å². The number of nitrogens with one attached hydrogen (secondary N) is 1. The molecule has 3 aromatic rings. The highest BCUT2D eigenvalue weighted by Gasteiger charge is 2.27. The summed E-state index contributed by atoms with van der Waals surface area (Å²) in [5, 5.41) is 19.1. The van der Waals surface area contributed by atoms with Crippen molar-refractivity contribution in [2.24, 2.45) is 0 Å². The van der Waals surface area contributed by atoms with Gasteiger partial charge in [-0.3, -0.25) is 10.1 Å². The zero-order chi connectivity index (χ0) is 23.2. The van der Waals surface area contributed by atoms with Gasteiger partial charge in [0.1, 0.15) is 11.9 Å².